The molecular formula is C20H28N2O3S. The lowest BCUT2D eigenvalue weighted by atomic mass is 10.1. The van der Waals surface area contributed by atoms with Crippen molar-refractivity contribution in [2.24, 2.45) is 0 Å². The van der Waals surface area contributed by atoms with Crippen molar-refractivity contribution < 1.29 is 12.8 Å². The molecule has 1 fully saturated rings. The molecule has 1 aromatic carbocycles. The third kappa shape index (κ3) is 4.55. The minimum absolute atomic E-state index is 0.110. The lowest BCUT2D eigenvalue weighted by Gasteiger charge is -2.40. The summed E-state index contributed by atoms with van der Waals surface area (Å²) < 4.78 is 33.5. The first-order valence-electron chi connectivity index (χ1n) is 9.43. The van der Waals surface area contributed by atoms with Crippen molar-refractivity contribution in [3.8, 4) is 0 Å². The van der Waals surface area contributed by atoms with Crippen LogP contribution in [0.1, 0.15) is 31.9 Å². The van der Waals surface area contributed by atoms with E-state index in [-0.39, 0.29) is 6.04 Å². The van der Waals surface area contributed by atoms with Gasteiger partial charge in [0, 0.05) is 32.1 Å². The maximum Gasteiger partial charge on any atom is 0.243 e. The summed E-state index contributed by atoms with van der Waals surface area (Å²) in [7, 11) is -3.50. The highest BCUT2D eigenvalue weighted by molar-refractivity contribution is 7.89. The number of benzene rings is 1. The van der Waals surface area contributed by atoms with E-state index < -0.39 is 10.0 Å². The maximum absolute atomic E-state index is 13.2. The number of nitrogens with zero attached hydrogens (tertiary/aromatic N) is 2. The topological polar surface area (TPSA) is 53.8 Å². The fourth-order valence-electron chi connectivity index (χ4n) is 3.56. The van der Waals surface area contributed by atoms with E-state index in [1.807, 2.05) is 18.2 Å². The van der Waals surface area contributed by atoms with Gasteiger partial charge >= 0.3 is 0 Å². The number of hydrogen-bond donors (Lipinski definition) is 0. The van der Waals surface area contributed by atoms with Gasteiger partial charge in [0.15, 0.2) is 0 Å². The molecule has 5 nitrogen and oxygen atoms in total. The highest BCUT2D eigenvalue weighted by Crippen LogP contribution is 2.24. The molecule has 1 aliphatic rings. The van der Waals surface area contributed by atoms with Crippen LogP contribution in [-0.4, -0.2) is 49.8 Å². The van der Waals surface area contributed by atoms with Crippen molar-refractivity contribution >= 4 is 10.0 Å². The zero-order valence-electron chi connectivity index (χ0n) is 15.4. The SMILES string of the molecule is CCCCCN1CCN(S(=O)(=O)c2ccccc2)C(Cc2ccco2)C1. The predicted octanol–water partition coefficient (Wildman–Crippen LogP) is 3.39. The fourth-order valence-corrected chi connectivity index (χ4v) is 5.19. The number of unbranched alkanes of at least 4 members (excludes halogenated alkanes) is 2. The monoisotopic (exact) mass is 376 g/mol. The lowest BCUT2D eigenvalue weighted by molar-refractivity contribution is 0.129. The van der Waals surface area contributed by atoms with Crippen LogP contribution in [0.25, 0.3) is 0 Å². The van der Waals surface area contributed by atoms with Crippen molar-refractivity contribution in [3.05, 3.63) is 54.5 Å². The zero-order valence-corrected chi connectivity index (χ0v) is 16.2. The molecule has 0 saturated carbocycles. The largest absolute Gasteiger partial charge is 0.469 e. The molecule has 26 heavy (non-hydrogen) atoms. The summed E-state index contributed by atoms with van der Waals surface area (Å²) in [6.07, 6.45) is 5.81. The van der Waals surface area contributed by atoms with E-state index >= 15 is 0 Å². The molecule has 0 spiro atoms. The molecule has 1 unspecified atom stereocenters. The first kappa shape index (κ1) is 19.1. The van der Waals surface area contributed by atoms with Crippen LogP contribution in [0.2, 0.25) is 0 Å². The van der Waals surface area contributed by atoms with Crippen LogP contribution >= 0.6 is 0 Å². The number of hydrogen-bond acceptors (Lipinski definition) is 4. The van der Waals surface area contributed by atoms with Crippen molar-refractivity contribution in [1.29, 1.82) is 0 Å². The number of furan rings is 1. The molecule has 3 rings (SSSR count). The van der Waals surface area contributed by atoms with Crippen molar-refractivity contribution in [3.63, 3.8) is 0 Å². The van der Waals surface area contributed by atoms with E-state index in [0.29, 0.717) is 17.9 Å². The van der Waals surface area contributed by atoms with Crippen molar-refractivity contribution in [2.45, 2.75) is 43.5 Å². The van der Waals surface area contributed by atoms with Gasteiger partial charge in [0.2, 0.25) is 10.0 Å². The van der Waals surface area contributed by atoms with Gasteiger partial charge in [-0.05, 0) is 37.2 Å². The summed E-state index contributed by atoms with van der Waals surface area (Å²) in [6, 6.07) is 12.4. The van der Waals surface area contributed by atoms with E-state index in [0.717, 1.165) is 31.8 Å². The summed E-state index contributed by atoms with van der Waals surface area (Å²) >= 11 is 0. The van der Waals surface area contributed by atoms with E-state index in [4.69, 9.17) is 4.42 Å². The van der Waals surface area contributed by atoms with Crippen LogP contribution in [-0.2, 0) is 16.4 Å². The van der Waals surface area contributed by atoms with Gasteiger partial charge < -0.3 is 9.32 Å². The van der Waals surface area contributed by atoms with Gasteiger partial charge in [-0.2, -0.15) is 4.31 Å². The third-order valence-electron chi connectivity index (χ3n) is 4.96. The number of rotatable bonds is 8. The molecule has 1 aliphatic heterocycles. The van der Waals surface area contributed by atoms with Gasteiger partial charge in [0.25, 0.3) is 0 Å². The standard InChI is InChI=1S/C20H28N2O3S/c1-2-3-7-12-21-13-14-22(18(17-21)16-19-9-8-15-25-19)26(23,24)20-10-5-4-6-11-20/h4-6,8-11,15,18H,2-3,7,12-14,16-17H2,1H3. The molecule has 1 atom stereocenters. The Labute approximate surface area is 156 Å². The normalized spacial score (nSPS) is 19.7. The van der Waals surface area contributed by atoms with Gasteiger partial charge in [0.1, 0.15) is 5.76 Å². The first-order valence-corrected chi connectivity index (χ1v) is 10.9. The van der Waals surface area contributed by atoms with Crippen molar-refractivity contribution in [1.82, 2.24) is 9.21 Å². The summed E-state index contributed by atoms with van der Waals surface area (Å²) in [5.74, 6) is 0.832. The molecule has 0 amide bonds. The number of piperazine rings is 1. The summed E-state index contributed by atoms with van der Waals surface area (Å²) in [4.78, 5) is 2.75. The van der Waals surface area contributed by atoms with Gasteiger partial charge in [0.05, 0.1) is 11.2 Å². The third-order valence-corrected chi connectivity index (χ3v) is 6.92. The molecule has 2 heterocycles. The molecule has 0 bridgehead atoms. The van der Waals surface area contributed by atoms with Crippen LogP contribution in [0.15, 0.2) is 58.0 Å². The Balaban J connectivity index is 1.78. The molecule has 6 heteroatoms. The zero-order chi connectivity index (χ0) is 18.4. The van der Waals surface area contributed by atoms with Gasteiger partial charge in [-0.15, -0.1) is 0 Å². The summed E-state index contributed by atoms with van der Waals surface area (Å²) in [5.41, 5.74) is 0. The Morgan fingerprint density at radius 3 is 2.58 bits per heavy atom. The Bertz CT molecular complexity index is 760. The van der Waals surface area contributed by atoms with E-state index in [9.17, 15) is 8.42 Å². The van der Waals surface area contributed by atoms with Crippen LogP contribution in [0, 0.1) is 0 Å². The van der Waals surface area contributed by atoms with Crippen LogP contribution in [0.5, 0.6) is 0 Å². The van der Waals surface area contributed by atoms with Crippen LogP contribution in [0.3, 0.4) is 0 Å². The van der Waals surface area contributed by atoms with Crippen LogP contribution < -0.4 is 0 Å². The smallest absolute Gasteiger partial charge is 0.243 e. The molecular weight excluding hydrogens is 348 g/mol. The van der Waals surface area contributed by atoms with E-state index in [1.54, 1.807) is 34.8 Å². The highest BCUT2D eigenvalue weighted by Gasteiger charge is 2.36. The molecule has 0 radical (unpaired) electrons. The van der Waals surface area contributed by atoms with Gasteiger partial charge in [-0.25, -0.2) is 8.42 Å². The summed E-state index contributed by atoms with van der Waals surface area (Å²) in [6.45, 7) is 5.28. The molecule has 0 N–H and O–H groups in total. The van der Waals surface area contributed by atoms with Gasteiger partial charge in [-0.3, -0.25) is 0 Å². The molecule has 142 valence electrons. The minimum Gasteiger partial charge on any atom is -0.469 e. The molecule has 1 aromatic heterocycles. The second kappa shape index (κ2) is 8.84. The lowest BCUT2D eigenvalue weighted by Crippen LogP contribution is -2.55. The average molecular weight is 377 g/mol. The van der Waals surface area contributed by atoms with E-state index in [1.165, 1.54) is 12.8 Å². The predicted molar refractivity (Wildman–Crippen MR) is 102 cm³/mol. The molecule has 2 aromatic rings. The maximum atomic E-state index is 13.2. The second-order valence-electron chi connectivity index (χ2n) is 6.87. The highest BCUT2D eigenvalue weighted by atomic mass is 32.2. The summed E-state index contributed by atoms with van der Waals surface area (Å²) in [5, 5.41) is 0. The Morgan fingerprint density at radius 2 is 1.88 bits per heavy atom. The Morgan fingerprint density at radius 1 is 1.08 bits per heavy atom. The first-order chi connectivity index (χ1) is 12.6. The van der Waals surface area contributed by atoms with Crippen LogP contribution in [0.4, 0.5) is 0 Å². The average Bonchev–Trinajstić information content (AvgIpc) is 3.16. The fraction of sp³-hybridized carbons (Fsp3) is 0.500. The van der Waals surface area contributed by atoms with E-state index in [2.05, 4.69) is 11.8 Å². The minimum atomic E-state index is -3.50. The Hall–Kier alpha value is -1.63. The second-order valence-corrected chi connectivity index (χ2v) is 8.76. The van der Waals surface area contributed by atoms with Crippen molar-refractivity contribution in [2.75, 3.05) is 26.2 Å². The van der Waals surface area contributed by atoms with Gasteiger partial charge in [-0.1, -0.05) is 38.0 Å². The quantitative estimate of drug-likeness (QED) is 0.663. The number of sulfonamides is 1. The Kier molecular flexibility index (Phi) is 6.51. The molecule has 0 aliphatic carbocycles. The molecule has 1 saturated heterocycles.